The van der Waals surface area contributed by atoms with Gasteiger partial charge in [0.2, 0.25) is 0 Å². The van der Waals surface area contributed by atoms with E-state index in [9.17, 15) is 0 Å². The van der Waals surface area contributed by atoms with Crippen molar-refractivity contribution < 1.29 is 4.43 Å². The van der Waals surface area contributed by atoms with Crippen LogP contribution in [0.4, 0.5) is 0 Å². The van der Waals surface area contributed by atoms with E-state index in [1.54, 1.807) is 5.57 Å². The maximum Gasteiger partial charge on any atom is 0.193 e. The van der Waals surface area contributed by atoms with Gasteiger partial charge in [-0.1, -0.05) is 48.9 Å². The van der Waals surface area contributed by atoms with Gasteiger partial charge >= 0.3 is 0 Å². The molecule has 2 heteroatoms. The van der Waals surface area contributed by atoms with Crippen LogP contribution in [0.2, 0.25) is 18.6 Å². The summed E-state index contributed by atoms with van der Waals surface area (Å²) in [6, 6.07) is 10.6. The highest BCUT2D eigenvalue weighted by Gasteiger charge is 2.35. The maximum absolute atomic E-state index is 5.94. The largest absolute Gasteiger partial charge is 0.416 e. The van der Waals surface area contributed by atoms with E-state index in [-0.39, 0.29) is 0 Å². The minimum atomic E-state index is -1.48. The zero-order chi connectivity index (χ0) is 11.6. The van der Waals surface area contributed by atoms with Crippen LogP contribution in [0.15, 0.2) is 35.9 Å². The second-order valence-corrected chi connectivity index (χ2v) is 9.42. The molecule has 0 N–H and O–H groups in total. The molecule has 0 saturated carbocycles. The van der Waals surface area contributed by atoms with Crippen molar-refractivity contribution in [2.24, 2.45) is 0 Å². The lowest BCUT2D eigenvalue weighted by Gasteiger charge is -2.36. The van der Waals surface area contributed by atoms with E-state index in [2.05, 4.69) is 56.4 Å². The zero-order valence-corrected chi connectivity index (χ0v) is 11.4. The lowest BCUT2D eigenvalue weighted by molar-refractivity contribution is 0.286. The fraction of sp³-hybridized carbons (Fsp3) is 0.429. The summed E-state index contributed by atoms with van der Waals surface area (Å²) < 4.78 is 5.94. The van der Waals surface area contributed by atoms with Crippen molar-refractivity contribution in [1.29, 1.82) is 0 Å². The minimum Gasteiger partial charge on any atom is -0.416 e. The van der Waals surface area contributed by atoms with Crippen LogP contribution in [-0.2, 0) is 4.43 Å². The van der Waals surface area contributed by atoms with Crippen molar-refractivity contribution in [3.63, 3.8) is 0 Å². The monoisotopic (exact) mass is 232 g/mol. The van der Waals surface area contributed by atoms with E-state index in [1.165, 1.54) is 5.56 Å². The molecular formula is C14H20OSi. The molecule has 1 aliphatic rings. The molecular weight excluding hydrogens is 212 g/mol. The molecule has 1 aromatic carbocycles. The quantitative estimate of drug-likeness (QED) is 0.663. The van der Waals surface area contributed by atoms with Gasteiger partial charge in [-0.25, -0.2) is 0 Å². The molecule has 1 aromatic rings. The molecule has 0 aliphatic carbocycles. The zero-order valence-electron chi connectivity index (χ0n) is 10.4. The van der Waals surface area contributed by atoms with Gasteiger partial charge in [0, 0.05) is 6.61 Å². The first-order valence-electron chi connectivity index (χ1n) is 5.99. The Morgan fingerprint density at radius 2 is 1.94 bits per heavy atom. The third-order valence-corrected chi connectivity index (χ3v) is 7.02. The maximum atomic E-state index is 5.94. The first-order valence-corrected chi connectivity index (χ1v) is 8.97. The second-order valence-electron chi connectivity index (χ2n) is 5.05. The predicted molar refractivity (Wildman–Crippen MR) is 71.9 cm³/mol. The van der Waals surface area contributed by atoms with Crippen LogP contribution in [0.25, 0.3) is 6.08 Å². The molecule has 1 nitrogen and oxygen atoms in total. The number of hydrogen-bond donors (Lipinski definition) is 0. The molecule has 1 unspecified atom stereocenters. The van der Waals surface area contributed by atoms with Gasteiger partial charge in [-0.15, -0.1) is 0 Å². The Hall–Kier alpha value is -0.863. The van der Waals surface area contributed by atoms with Gasteiger partial charge in [0.05, 0.1) is 0 Å². The van der Waals surface area contributed by atoms with Crippen molar-refractivity contribution in [2.75, 3.05) is 6.61 Å². The molecule has 2 rings (SSSR count). The molecule has 1 heterocycles. The van der Waals surface area contributed by atoms with Crippen molar-refractivity contribution in [3.8, 4) is 0 Å². The first-order chi connectivity index (χ1) is 7.59. The first kappa shape index (κ1) is 11.6. The van der Waals surface area contributed by atoms with Gasteiger partial charge in [-0.2, -0.15) is 0 Å². The lowest BCUT2D eigenvalue weighted by atomic mass is 10.1. The molecule has 1 fully saturated rings. The summed E-state index contributed by atoms with van der Waals surface area (Å²) in [6.07, 6.45) is 3.44. The molecule has 1 saturated heterocycles. The van der Waals surface area contributed by atoms with E-state index in [0.717, 1.165) is 13.0 Å². The van der Waals surface area contributed by atoms with Gasteiger partial charge in [0.1, 0.15) is 0 Å². The number of rotatable bonds is 1. The Morgan fingerprint density at radius 3 is 2.62 bits per heavy atom. The van der Waals surface area contributed by atoms with E-state index >= 15 is 0 Å². The summed E-state index contributed by atoms with van der Waals surface area (Å²) in [7, 11) is -1.48. The van der Waals surface area contributed by atoms with Crippen LogP contribution in [0.1, 0.15) is 18.9 Å². The Bertz CT molecular complexity index is 381. The SMILES string of the molecule is CC1/C(=C/c2ccccc2)CCO[Si]1(C)C. The van der Waals surface area contributed by atoms with E-state index in [0.29, 0.717) is 5.54 Å². The normalized spacial score (nSPS) is 26.9. The standard InChI is InChI=1S/C14H20OSi/c1-12-14(9-10-15-16(12,2)3)11-13-7-5-4-6-8-13/h4-8,11-12H,9-10H2,1-3H3/b14-11+. The highest BCUT2D eigenvalue weighted by molar-refractivity contribution is 6.73. The summed E-state index contributed by atoms with van der Waals surface area (Å²) in [5, 5.41) is 0. The van der Waals surface area contributed by atoms with Crippen molar-refractivity contribution in [1.82, 2.24) is 0 Å². The highest BCUT2D eigenvalue weighted by atomic mass is 28.4. The summed E-state index contributed by atoms with van der Waals surface area (Å²) in [4.78, 5) is 0. The fourth-order valence-corrected chi connectivity index (χ4v) is 4.18. The van der Waals surface area contributed by atoms with E-state index < -0.39 is 8.32 Å². The third-order valence-electron chi connectivity index (χ3n) is 3.62. The van der Waals surface area contributed by atoms with Crippen LogP contribution >= 0.6 is 0 Å². The van der Waals surface area contributed by atoms with Crippen molar-refractivity contribution in [2.45, 2.75) is 32.0 Å². The number of benzene rings is 1. The molecule has 1 atom stereocenters. The fourth-order valence-electron chi connectivity index (χ4n) is 2.18. The molecule has 0 radical (unpaired) electrons. The smallest absolute Gasteiger partial charge is 0.193 e. The Balaban J connectivity index is 2.24. The van der Waals surface area contributed by atoms with Crippen LogP contribution < -0.4 is 0 Å². The molecule has 0 bridgehead atoms. The van der Waals surface area contributed by atoms with E-state index in [4.69, 9.17) is 4.43 Å². The summed E-state index contributed by atoms with van der Waals surface area (Å²) >= 11 is 0. The van der Waals surface area contributed by atoms with Gasteiger partial charge in [0.15, 0.2) is 8.32 Å². The molecule has 0 amide bonds. The summed E-state index contributed by atoms with van der Waals surface area (Å²) in [6.45, 7) is 7.85. The predicted octanol–water partition coefficient (Wildman–Crippen LogP) is 4.09. The highest BCUT2D eigenvalue weighted by Crippen LogP contribution is 2.37. The molecule has 0 spiro atoms. The number of hydrogen-bond acceptors (Lipinski definition) is 1. The average molecular weight is 232 g/mol. The van der Waals surface area contributed by atoms with Crippen LogP contribution in [0.5, 0.6) is 0 Å². The average Bonchev–Trinajstić information content (AvgIpc) is 2.26. The van der Waals surface area contributed by atoms with Crippen LogP contribution in [0, 0.1) is 0 Å². The van der Waals surface area contributed by atoms with Gasteiger partial charge < -0.3 is 4.43 Å². The van der Waals surface area contributed by atoms with E-state index in [1.807, 2.05) is 0 Å². The molecule has 0 aromatic heterocycles. The second kappa shape index (κ2) is 4.56. The Morgan fingerprint density at radius 1 is 1.25 bits per heavy atom. The minimum absolute atomic E-state index is 0.626. The molecule has 16 heavy (non-hydrogen) atoms. The van der Waals surface area contributed by atoms with Crippen LogP contribution in [0.3, 0.4) is 0 Å². The third kappa shape index (κ3) is 2.44. The van der Waals surface area contributed by atoms with Gasteiger partial charge in [0.25, 0.3) is 0 Å². The van der Waals surface area contributed by atoms with Crippen molar-refractivity contribution >= 4 is 14.4 Å². The summed E-state index contributed by atoms with van der Waals surface area (Å²) in [5.74, 6) is 0. The topological polar surface area (TPSA) is 9.23 Å². The lowest BCUT2D eigenvalue weighted by Crippen LogP contribution is -2.40. The summed E-state index contributed by atoms with van der Waals surface area (Å²) in [5.41, 5.74) is 3.51. The Labute approximate surface area is 99.3 Å². The van der Waals surface area contributed by atoms with Gasteiger partial charge in [-0.05, 0) is 30.6 Å². The molecule has 86 valence electrons. The Kier molecular flexibility index (Phi) is 3.31. The van der Waals surface area contributed by atoms with Crippen LogP contribution in [-0.4, -0.2) is 14.9 Å². The molecule has 1 aliphatic heterocycles. The van der Waals surface area contributed by atoms with Gasteiger partial charge in [-0.3, -0.25) is 0 Å². The van der Waals surface area contributed by atoms with Crippen molar-refractivity contribution in [3.05, 3.63) is 41.5 Å².